The van der Waals surface area contributed by atoms with Gasteiger partial charge in [-0.1, -0.05) is 18.5 Å². The smallest absolute Gasteiger partial charge is 0.253 e. The number of fused-ring (bicyclic) bond motifs is 1. The molecule has 1 saturated carbocycles. The lowest BCUT2D eigenvalue weighted by Gasteiger charge is -2.34. The summed E-state index contributed by atoms with van der Waals surface area (Å²) in [6, 6.07) is 5.72. The Balaban J connectivity index is 1.22. The highest BCUT2D eigenvalue weighted by molar-refractivity contribution is 6.31. The van der Waals surface area contributed by atoms with E-state index in [1.807, 2.05) is 34.1 Å². The minimum Gasteiger partial charge on any atom is -0.383 e. The summed E-state index contributed by atoms with van der Waals surface area (Å²) in [7, 11) is 1.70. The predicted octanol–water partition coefficient (Wildman–Crippen LogP) is 4.49. The molecule has 3 aromatic rings. The first-order valence-electron chi connectivity index (χ1n) is 15.4. The van der Waals surface area contributed by atoms with Crippen molar-refractivity contribution in [1.29, 1.82) is 0 Å². The maximum absolute atomic E-state index is 13.6. The van der Waals surface area contributed by atoms with Gasteiger partial charge in [0.25, 0.3) is 5.91 Å². The third kappa shape index (κ3) is 7.13. The van der Waals surface area contributed by atoms with E-state index in [4.69, 9.17) is 16.3 Å². The van der Waals surface area contributed by atoms with E-state index < -0.39 is 0 Å². The van der Waals surface area contributed by atoms with Crippen molar-refractivity contribution in [1.82, 2.24) is 29.5 Å². The summed E-state index contributed by atoms with van der Waals surface area (Å²) in [6.07, 6.45) is 8.23. The highest BCUT2D eigenvalue weighted by Gasteiger charge is 2.28. The molecular weight excluding hydrogens is 568 g/mol. The standard InChI is InChI=1S/C32H43ClN6O4/c1-4-5-30(40)27-19-34-39(22(27)2)25-9-7-24(8-10-25)35-32(42)28-20-38(29-11-6-23(33)18-26(28)29)21-31(41)37-14-12-36(13-15-37)16-17-43-3/h6,11,18-20,24-25H,4-5,7-10,12-17,21H2,1-3H3,(H,35,42)/t24-,25-. The number of ether oxygens (including phenoxy) is 1. The van der Waals surface area contributed by atoms with Crippen LogP contribution >= 0.6 is 11.6 Å². The molecule has 1 aromatic carbocycles. The van der Waals surface area contributed by atoms with Gasteiger partial charge in [-0.15, -0.1) is 0 Å². The highest BCUT2D eigenvalue weighted by atomic mass is 35.5. The van der Waals surface area contributed by atoms with Crippen molar-refractivity contribution in [2.45, 2.75) is 71.0 Å². The van der Waals surface area contributed by atoms with Crippen LogP contribution in [0.3, 0.4) is 0 Å². The second kappa shape index (κ2) is 14.1. The van der Waals surface area contributed by atoms with Gasteiger partial charge < -0.3 is 19.5 Å². The van der Waals surface area contributed by atoms with Crippen LogP contribution in [0.15, 0.2) is 30.6 Å². The molecule has 43 heavy (non-hydrogen) atoms. The molecule has 0 atom stereocenters. The molecule has 10 nitrogen and oxygen atoms in total. The van der Waals surface area contributed by atoms with E-state index in [1.165, 1.54) is 0 Å². The lowest BCUT2D eigenvalue weighted by atomic mass is 9.90. The summed E-state index contributed by atoms with van der Waals surface area (Å²) in [4.78, 5) is 43.5. The van der Waals surface area contributed by atoms with Gasteiger partial charge in [0.2, 0.25) is 5.91 Å². The van der Waals surface area contributed by atoms with Crippen LogP contribution in [0, 0.1) is 6.92 Å². The van der Waals surface area contributed by atoms with E-state index in [0.29, 0.717) is 36.7 Å². The number of methoxy groups -OCH3 is 1. The van der Waals surface area contributed by atoms with Gasteiger partial charge in [0, 0.05) is 80.1 Å². The molecular formula is C32H43ClN6O4. The normalized spacial score (nSPS) is 19.6. The largest absolute Gasteiger partial charge is 0.383 e. The van der Waals surface area contributed by atoms with Crippen LogP contribution in [0.4, 0.5) is 0 Å². The summed E-state index contributed by atoms with van der Waals surface area (Å²) in [5, 5.41) is 9.07. The molecule has 1 aliphatic carbocycles. The number of aromatic nitrogens is 3. The van der Waals surface area contributed by atoms with Crippen molar-refractivity contribution in [3.05, 3.63) is 52.4 Å². The predicted molar refractivity (Wildman–Crippen MR) is 167 cm³/mol. The van der Waals surface area contributed by atoms with Crippen molar-refractivity contribution in [3.8, 4) is 0 Å². The Morgan fingerprint density at radius 3 is 2.51 bits per heavy atom. The van der Waals surface area contributed by atoms with Crippen LogP contribution in [-0.4, -0.2) is 94.2 Å². The summed E-state index contributed by atoms with van der Waals surface area (Å²) in [6.45, 7) is 8.70. The number of hydrogen-bond acceptors (Lipinski definition) is 6. The molecule has 2 aromatic heterocycles. The molecule has 1 aliphatic heterocycles. The average molecular weight is 611 g/mol. The minimum absolute atomic E-state index is 0.0365. The summed E-state index contributed by atoms with van der Waals surface area (Å²) >= 11 is 6.34. The molecule has 2 fully saturated rings. The lowest BCUT2D eigenvalue weighted by molar-refractivity contribution is -0.133. The van der Waals surface area contributed by atoms with Crippen molar-refractivity contribution < 1.29 is 19.1 Å². The minimum atomic E-state index is -0.156. The van der Waals surface area contributed by atoms with Gasteiger partial charge in [0.05, 0.1) is 30.0 Å². The molecule has 232 valence electrons. The van der Waals surface area contributed by atoms with Crippen LogP contribution in [0.25, 0.3) is 10.9 Å². The molecule has 2 amide bonds. The monoisotopic (exact) mass is 610 g/mol. The van der Waals surface area contributed by atoms with E-state index in [1.54, 1.807) is 31.6 Å². The number of Topliss-reactive ketones (excluding diaryl/α,β-unsaturated/α-hetero) is 1. The Morgan fingerprint density at radius 2 is 1.81 bits per heavy atom. The first kappa shape index (κ1) is 31.2. The Kier molecular flexibility index (Phi) is 10.2. The maximum Gasteiger partial charge on any atom is 0.253 e. The average Bonchev–Trinajstić information content (AvgIpc) is 3.56. The molecule has 3 heterocycles. The van der Waals surface area contributed by atoms with Gasteiger partial charge in [-0.3, -0.25) is 24.0 Å². The number of carbonyl (C=O) groups excluding carboxylic acids is 3. The van der Waals surface area contributed by atoms with Crippen molar-refractivity contribution in [2.24, 2.45) is 0 Å². The van der Waals surface area contributed by atoms with E-state index in [0.717, 1.165) is 73.9 Å². The van der Waals surface area contributed by atoms with Crippen LogP contribution in [0.1, 0.15) is 77.9 Å². The number of carbonyl (C=O) groups is 3. The van der Waals surface area contributed by atoms with E-state index in [-0.39, 0.29) is 36.2 Å². The Labute approximate surface area is 258 Å². The molecule has 5 rings (SSSR count). The van der Waals surface area contributed by atoms with E-state index in [9.17, 15) is 14.4 Å². The molecule has 1 N–H and O–H groups in total. The highest BCUT2D eigenvalue weighted by Crippen LogP contribution is 2.31. The fourth-order valence-corrected chi connectivity index (χ4v) is 6.60. The third-order valence-electron chi connectivity index (χ3n) is 8.93. The van der Waals surface area contributed by atoms with Crippen molar-refractivity contribution in [3.63, 3.8) is 0 Å². The number of rotatable bonds is 11. The number of amides is 2. The number of halogens is 1. The van der Waals surface area contributed by atoms with Gasteiger partial charge >= 0.3 is 0 Å². The van der Waals surface area contributed by atoms with Crippen molar-refractivity contribution >= 4 is 40.1 Å². The molecule has 1 saturated heterocycles. The van der Waals surface area contributed by atoms with Gasteiger partial charge in [0.15, 0.2) is 5.78 Å². The summed E-state index contributed by atoms with van der Waals surface area (Å²) < 4.78 is 9.04. The third-order valence-corrected chi connectivity index (χ3v) is 9.17. The molecule has 0 spiro atoms. The number of nitrogens with one attached hydrogen (secondary N) is 1. The van der Waals surface area contributed by atoms with Gasteiger partial charge in [-0.05, 0) is 57.2 Å². The number of ketones is 1. The number of piperazine rings is 1. The summed E-state index contributed by atoms with van der Waals surface area (Å²) in [5.74, 6) is 0.0297. The molecule has 0 unspecified atom stereocenters. The maximum atomic E-state index is 13.6. The molecule has 0 bridgehead atoms. The van der Waals surface area contributed by atoms with Crippen LogP contribution in [-0.2, 0) is 16.1 Å². The quantitative estimate of drug-likeness (QED) is 0.321. The van der Waals surface area contributed by atoms with Crippen molar-refractivity contribution in [2.75, 3.05) is 46.4 Å². The van der Waals surface area contributed by atoms with Gasteiger partial charge in [0.1, 0.15) is 6.54 Å². The van der Waals surface area contributed by atoms with Crippen LogP contribution in [0.5, 0.6) is 0 Å². The Morgan fingerprint density at radius 1 is 1.07 bits per heavy atom. The first-order chi connectivity index (χ1) is 20.8. The molecule has 11 heteroatoms. The zero-order chi connectivity index (χ0) is 30.5. The zero-order valence-electron chi connectivity index (χ0n) is 25.5. The fraction of sp³-hybridized carbons (Fsp3) is 0.562. The zero-order valence-corrected chi connectivity index (χ0v) is 26.2. The topological polar surface area (TPSA) is 102 Å². The van der Waals surface area contributed by atoms with Crippen LogP contribution in [0.2, 0.25) is 5.02 Å². The Bertz CT molecular complexity index is 1450. The fourth-order valence-electron chi connectivity index (χ4n) is 6.42. The molecule has 2 aliphatic rings. The SMILES string of the molecule is CCCC(=O)c1cnn([C@H]2CC[C@H](NC(=O)c3cn(CC(=O)N4CCN(CCOC)CC4)c4ccc(Cl)cc34)CC2)c1C. The number of hydrogen-bond donors (Lipinski definition) is 1. The number of nitrogens with zero attached hydrogens (tertiary/aromatic N) is 5. The second-order valence-electron chi connectivity index (χ2n) is 11.8. The van der Waals surface area contributed by atoms with Crippen LogP contribution < -0.4 is 5.32 Å². The lowest BCUT2D eigenvalue weighted by Crippen LogP contribution is -2.50. The first-order valence-corrected chi connectivity index (χ1v) is 15.8. The van der Waals surface area contributed by atoms with Gasteiger partial charge in [-0.2, -0.15) is 5.10 Å². The van der Waals surface area contributed by atoms with E-state index in [2.05, 4.69) is 15.3 Å². The van der Waals surface area contributed by atoms with E-state index >= 15 is 0 Å². The molecule has 0 radical (unpaired) electrons. The Hall–Kier alpha value is -3.21. The summed E-state index contributed by atoms with van der Waals surface area (Å²) in [5.41, 5.74) is 2.99. The van der Waals surface area contributed by atoms with Gasteiger partial charge in [-0.25, -0.2) is 0 Å². The second-order valence-corrected chi connectivity index (χ2v) is 12.2. The number of benzene rings is 1.